The second kappa shape index (κ2) is 7.33. The first kappa shape index (κ1) is 17.4. The molecule has 0 bridgehead atoms. The number of nitrogens with zero attached hydrogens (tertiary/aromatic N) is 1. The summed E-state index contributed by atoms with van der Waals surface area (Å²) in [5.41, 5.74) is 6.09. The molecule has 1 heterocycles. The number of rotatable bonds is 3. The zero-order valence-electron chi connectivity index (χ0n) is 15.3. The molecule has 0 spiro atoms. The SMILES string of the molecule is Cc1ccc(C2=Nc3cc(Oc4ccccc4C)ccc3NC(=S)C2)cc1. The molecule has 0 saturated heterocycles. The van der Waals surface area contributed by atoms with Crippen molar-refractivity contribution < 1.29 is 4.74 Å². The Labute approximate surface area is 164 Å². The molecule has 3 aromatic rings. The van der Waals surface area contributed by atoms with Crippen LogP contribution < -0.4 is 10.1 Å². The van der Waals surface area contributed by atoms with E-state index >= 15 is 0 Å². The molecule has 134 valence electrons. The number of aryl methyl sites for hydroxylation is 2. The molecule has 0 atom stereocenters. The average Bonchev–Trinajstić information content (AvgIpc) is 2.82. The third-order valence-corrected chi connectivity index (χ3v) is 4.78. The lowest BCUT2D eigenvalue weighted by Gasteiger charge is -2.11. The maximum atomic E-state index is 6.07. The van der Waals surface area contributed by atoms with Crippen molar-refractivity contribution in [3.8, 4) is 11.5 Å². The Morgan fingerprint density at radius 1 is 0.963 bits per heavy atom. The molecule has 0 radical (unpaired) electrons. The van der Waals surface area contributed by atoms with Gasteiger partial charge in [0.2, 0.25) is 0 Å². The van der Waals surface area contributed by atoms with E-state index in [0.29, 0.717) is 6.42 Å². The van der Waals surface area contributed by atoms with Gasteiger partial charge in [-0.2, -0.15) is 0 Å². The van der Waals surface area contributed by atoms with Crippen LogP contribution in [0.5, 0.6) is 11.5 Å². The number of hydrogen-bond acceptors (Lipinski definition) is 3. The molecule has 0 aliphatic carbocycles. The van der Waals surface area contributed by atoms with Crippen LogP contribution in [0, 0.1) is 13.8 Å². The first-order valence-corrected chi connectivity index (χ1v) is 9.31. The van der Waals surface area contributed by atoms with E-state index < -0.39 is 0 Å². The Morgan fingerprint density at radius 3 is 2.52 bits per heavy atom. The Morgan fingerprint density at radius 2 is 1.74 bits per heavy atom. The van der Waals surface area contributed by atoms with Crippen LogP contribution in [0.3, 0.4) is 0 Å². The molecular formula is C23H20N2OS. The quantitative estimate of drug-likeness (QED) is 0.543. The van der Waals surface area contributed by atoms with E-state index in [9.17, 15) is 0 Å². The molecule has 4 rings (SSSR count). The van der Waals surface area contributed by atoms with Gasteiger partial charge in [-0.1, -0.05) is 60.2 Å². The second-order valence-corrected chi connectivity index (χ2v) is 7.19. The van der Waals surface area contributed by atoms with Gasteiger partial charge < -0.3 is 10.1 Å². The van der Waals surface area contributed by atoms with Crippen molar-refractivity contribution in [2.24, 2.45) is 4.99 Å². The van der Waals surface area contributed by atoms with Crippen molar-refractivity contribution >= 4 is 34.3 Å². The lowest BCUT2D eigenvalue weighted by atomic mass is 10.1. The zero-order valence-corrected chi connectivity index (χ0v) is 16.1. The highest BCUT2D eigenvalue weighted by atomic mass is 32.1. The van der Waals surface area contributed by atoms with E-state index in [2.05, 4.69) is 36.5 Å². The third kappa shape index (κ3) is 3.91. The Kier molecular flexibility index (Phi) is 4.73. The molecule has 0 unspecified atom stereocenters. The summed E-state index contributed by atoms with van der Waals surface area (Å²) < 4.78 is 6.07. The number of aliphatic imine (C=N–C) groups is 1. The lowest BCUT2D eigenvalue weighted by molar-refractivity contribution is 0.479. The van der Waals surface area contributed by atoms with Gasteiger partial charge >= 0.3 is 0 Å². The minimum atomic E-state index is 0.612. The number of fused-ring (bicyclic) bond motifs is 1. The van der Waals surface area contributed by atoms with Crippen LogP contribution in [-0.4, -0.2) is 10.7 Å². The summed E-state index contributed by atoms with van der Waals surface area (Å²) in [6.07, 6.45) is 0.612. The predicted octanol–water partition coefficient (Wildman–Crippen LogP) is 6.36. The smallest absolute Gasteiger partial charge is 0.130 e. The lowest BCUT2D eigenvalue weighted by Crippen LogP contribution is -2.12. The topological polar surface area (TPSA) is 33.6 Å². The maximum Gasteiger partial charge on any atom is 0.130 e. The van der Waals surface area contributed by atoms with E-state index in [4.69, 9.17) is 21.9 Å². The van der Waals surface area contributed by atoms with Crippen molar-refractivity contribution in [2.45, 2.75) is 20.3 Å². The third-order valence-electron chi connectivity index (χ3n) is 4.53. The first-order valence-electron chi connectivity index (χ1n) is 8.90. The molecule has 3 nitrogen and oxygen atoms in total. The van der Waals surface area contributed by atoms with E-state index in [1.54, 1.807) is 0 Å². The largest absolute Gasteiger partial charge is 0.457 e. The molecule has 3 aromatic carbocycles. The van der Waals surface area contributed by atoms with Crippen LogP contribution in [0.2, 0.25) is 0 Å². The maximum absolute atomic E-state index is 6.07. The Hall–Kier alpha value is -2.98. The summed E-state index contributed by atoms with van der Waals surface area (Å²) in [5.74, 6) is 1.60. The van der Waals surface area contributed by atoms with Gasteiger partial charge in [0, 0.05) is 12.5 Å². The predicted molar refractivity (Wildman–Crippen MR) is 116 cm³/mol. The number of nitrogens with one attached hydrogen (secondary N) is 1. The van der Waals surface area contributed by atoms with Crippen molar-refractivity contribution in [1.82, 2.24) is 0 Å². The normalized spacial score (nSPS) is 13.3. The molecule has 0 amide bonds. The molecule has 0 aromatic heterocycles. The number of thiocarbonyl (C=S) groups is 1. The highest BCUT2D eigenvalue weighted by molar-refractivity contribution is 7.80. The van der Waals surface area contributed by atoms with Crippen molar-refractivity contribution in [2.75, 3.05) is 5.32 Å². The summed E-state index contributed by atoms with van der Waals surface area (Å²) in [4.78, 5) is 5.67. The summed E-state index contributed by atoms with van der Waals surface area (Å²) >= 11 is 5.50. The van der Waals surface area contributed by atoms with Crippen molar-refractivity contribution in [3.05, 3.63) is 83.4 Å². The van der Waals surface area contributed by atoms with Gasteiger partial charge in [-0.25, -0.2) is 0 Å². The van der Waals surface area contributed by atoms with Gasteiger partial charge in [-0.15, -0.1) is 0 Å². The molecule has 0 saturated carbocycles. The Balaban J connectivity index is 1.72. The van der Waals surface area contributed by atoms with Gasteiger partial charge in [0.25, 0.3) is 0 Å². The molecule has 4 heteroatoms. The minimum absolute atomic E-state index is 0.612. The number of benzene rings is 3. The highest BCUT2D eigenvalue weighted by Crippen LogP contribution is 2.35. The van der Waals surface area contributed by atoms with Gasteiger partial charge in [-0.3, -0.25) is 4.99 Å². The molecule has 0 fully saturated rings. The van der Waals surface area contributed by atoms with Crippen LogP contribution >= 0.6 is 12.2 Å². The zero-order chi connectivity index (χ0) is 18.8. The number of ether oxygens (including phenoxy) is 1. The van der Waals surface area contributed by atoms with E-state index in [-0.39, 0.29) is 0 Å². The van der Waals surface area contributed by atoms with Crippen LogP contribution in [0.15, 0.2) is 71.7 Å². The molecule has 1 aliphatic rings. The summed E-state index contributed by atoms with van der Waals surface area (Å²) in [7, 11) is 0. The van der Waals surface area contributed by atoms with Crippen LogP contribution in [0.4, 0.5) is 11.4 Å². The molecule has 27 heavy (non-hydrogen) atoms. The fourth-order valence-corrected chi connectivity index (χ4v) is 3.26. The second-order valence-electron chi connectivity index (χ2n) is 6.70. The minimum Gasteiger partial charge on any atom is -0.457 e. The molecule has 1 N–H and O–H groups in total. The van der Waals surface area contributed by atoms with Gasteiger partial charge in [-0.05, 0) is 43.2 Å². The fraction of sp³-hybridized carbons (Fsp3) is 0.130. The molecular weight excluding hydrogens is 352 g/mol. The monoisotopic (exact) mass is 372 g/mol. The van der Waals surface area contributed by atoms with Gasteiger partial charge in [0.15, 0.2) is 0 Å². The number of para-hydroxylation sites is 1. The van der Waals surface area contributed by atoms with Crippen LogP contribution in [-0.2, 0) is 0 Å². The van der Waals surface area contributed by atoms with Gasteiger partial charge in [0.05, 0.1) is 22.1 Å². The van der Waals surface area contributed by atoms with Crippen molar-refractivity contribution in [3.63, 3.8) is 0 Å². The summed E-state index contributed by atoms with van der Waals surface area (Å²) in [5, 5.41) is 3.30. The average molecular weight is 372 g/mol. The van der Waals surface area contributed by atoms with Crippen molar-refractivity contribution in [1.29, 1.82) is 0 Å². The molecule has 1 aliphatic heterocycles. The fourth-order valence-electron chi connectivity index (χ4n) is 3.02. The van der Waals surface area contributed by atoms with E-state index in [1.165, 1.54) is 5.56 Å². The van der Waals surface area contributed by atoms with E-state index in [1.807, 2.05) is 49.4 Å². The number of hydrogen-bond donors (Lipinski definition) is 1. The Bertz CT molecular complexity index is 1040. The standard InChI is InChI=1S/C23H20N2OS/c1-15-7-9-17(10-8-15)20-14-23(27)25-19-12-11-18(13-21(19)24-20)26-22-6-4-3-5-16(22)2/h3-13H,14H2,1-2H3,(H,25,27). The summed E-state index contributed by atoms with van der Waals surface area (Å²) in [6.45, 7) is 4.11. The van der Waals surface area contributed by atoms with Crippen LogP contribution in [0.1, 0.15) is 23.1 Å². The van der Waals surface area contributed by atoms with Gasteiger partial charge in [0.1, 0.15) is 11.5 Å². The number of anilines is 1. The highest BCUT2D eigenvalue weighted by Gasteiger charge is 2.16. The first-order chi connectivity index (χ1) is 13.1. The van der Waals surface area contributed by atoms with Crippen LogP contribution in [0.25, 0.3) is 0 Å². The summed E-state index contributed by atoms with van der Waals surface area (Å²) in [6, 6.07) is 22.2. The van der Waals surface area contributed by atoms with E-state index in [0.717, 1.165) is 44.7 Å².